The molecule has 0 atom stereocenters. The van der Waals surface area contributed by atoms with Gasteiger partial charge in [0, 0.05) is 23.6 Å². The van der Waals surface area contributed by atoms with E-state index < -0.39 is 10.0 Å². The number of carbonyl (C=O) groups is 1. The third-order valence-corrected chi connectivity index (χ3v) is 3.99. The number of hydrogen-bond donors (Lipinski definition) is 2. The number of rotatable bonds is 6. The SMILES string of the molecule is CC(C)NS(=O)(=O)/C=C/CNC(=O)C1=CCCCC1. The molecule has 0 heterocycles. The minimum absolute atomic E-state index is 0.0985. The Morgan fingerprint density at radius 1 is 1.42 bits per heavy atom. The van der Waals surface area contributed by atoms with Gasteiger partial charge in [-0.1, -0.05) is 12.2 Å². The highest BCUT2D eigenvalue weighted by atomic mass is 32.2. The molecule has 0 saturated carbocycles. The number of hydrogen-bond acceptors (Lipinski definition) is 3. The number of carbonyl (C=O) groups excluding carboxylic acids is 1. The Kier molecular flexibility index (Phi) is 6.24. The van der Waals surface area contributed by atoms with E-state index in [0.717, 1.165) is 36.7 Å². The molecular formula is C13H22N2O3S. The van der Waals surface area contributed by atoms with Gasteiger partial charge in [-0.2, -0.15) is 0 Å². The van der Waals surface area contributed by atoms with Crippen LogP contribution >= 0.6 is 0 Å². The molecule has 0 aromatic carbocycles. The summed E-state index contributed by atoms with van der Waals surface area (Å²) in [5.74, 6) is -0.0985. The lowest BCUT2D eigenvalue weighted by Crippen LogP contribution is -2.29. The van der Waals surface area contributed by atoms with Gasteiger partial charge in [0.25, 0.3) is 0 Å². The van der Waals surface area contributed by atoms with Crippen molar-refractivity contribution in [2.24, 2.45) is 0 Å². The molecule has 0 aromatic heterocycles. The molecule has 108 valence electrons. The van der Waals surface area contributed by atoms with Crippen molar-refractivity contribution < 1.29 is 13.2 Å². The molecule has 0 saturated heterocycles. The fourth-order valence-corrected chi connectivity index (χ4v) is 2.94. The molecule has 0 aliphatic heterocycles. The molecule has 1 rings (SSSR count). The summed E-state index contributed by atoms with van der Waals surface area (Å²) < 4.78 is 25.4. The highest BCUT2D eigenvalue weighted by molar-refractivity contribution is 7.92. The zero-order valence-corrected chi connectivity index (χ0v) is 12.3. The summed E-state index contributed by atoms with van der Waals surface area (Å²) in [5.41, 5.74) is 0.808. The van der Waals surface area contributed by atoms with Crippen LogP contribution in [-0.4, -0.2) is 26.9 Å². The summed E-state index contributed by atoms with van der Waals surface area (Å²) in [6.45, 7) is 3.72. The van der Waals surface area contributed by atoms with E-state index in [9.17, 15) is 13.2 Å². The summed E-state index contributed by atoms with van der Waals surface area (Å²) in [6, 6.07) is -0.142. The molecule has 0 radical (unpaired) electrons. The predicted molar refractivity (Wildman–Crippen MR) is 75.9 cm³/mol. The van der Waals surface area contributed by atoms with Crippen molar-refractivity contribution in [2.75, 3.05) is 6.54 Å². The van der Waals surface area contributed by atoms with Gasteiger partial charge in [-0.15, -0.1) is 0 Å². The average molecular weight is 286 g/mol. The van der Waals surface area contributed by atoms with Crippen molar-refractivity contribution in [3.05, 3.63) is 23.1 Å². The first kappa shape index (κ1) is 15.9. The highest BCUT2D eigenvalue weighted by Gasteiger charge is 2.11. The predicted octanol–water partition coefficient (Wildman–Crippen LogP) is 1.44. The van der Waals surface area contributed by atoms with Crippen LogP contribution in [0.3, 0.4) is 0 Å². The lowest BCUT2D eigenvalue weighted by Gasteiger charge is -2.11. The fourth-order valence-electron chi connectivity index (χ4n) is 1.85. The first-order chi connectivity index (χ1) is 8.91. The molecule has 0 aromatic rings. The third kappa shape index (κ3) is 6.54. The largest absolute Gasteiger partial charge is 0.349 e. The molecule has 19 heavy (non-hydrogen) atoms. The first-order valence-corrected chi connectivity index (χ1v) is 8.11. The van der Waals surface area contributed by atoms with Crippen LogP contribution in [0.5, 0.6) is 0 Å². The molecule has 0 unspecified atom stereocenters. The summed E-state index contributed by atoms with van der Waals surface area (Å²) in [7, 11) is -3.40. The van der Waals surface area contributed by atoms with E-state index in [1.54, 1.807) is 13.8 Å². The number of sulfonamides is 1. The molecule has 1 amide bonds. The van der Waals surface area contributed by atoms with E-state index in [2.05, 4.69) is 10.0 Å². The van der Waals surface area contributed by atoms with Crippen LogP contribution < -0.4 is 10.0 Å². The smallest absolute Gasteiger partial charge is 0.247 e. The van der Waals surface area contributed by atoms with Crippen LogP contribution in [0.1, 0.15) is 39.5 Å². The van der Waals surface area contributed by atoms with E-state index in [1.807, 2.05) is 6.08 Å². The van der Waals surface area contributed by atoms with Gasteiger partial charge >= 0.3 is 0 Å². The summed E-state index contributed by atoms with van der Waals surface area (Å²) >= 11 is 0. The van der Waals surface area contributed by atoms with Crippen molar-refractivity contribution >= 4 is 15.9 Å². The molecule has 2 N–H and O–H groups in total. The van der Waals surface area contributed by atoms with Crippen molar-refractivity contribution in [3.8, 4) is 0 Å². The Labute approximate surface area is 115 Å². The van der Waals surface area contributed by atoms with Gasteiger partial charge in [-0.3, -0.25) is 4.79 Å². The Morgan fingerprint density at radius 2 is 2.16 bits per heavy atom. The van der Waals surface area contributed by atoms with Gasteiger partial charge in [0.2, 0.25) is 15.9 Å². The first-order valence-electron chi connectivity index (χ1n) is 6.57. The van der Waals surface area contributed by atoms with Gasteiger partial charge in [-0.05, 0) is 39.5 Å². The molecule has 0 bridgehead atoms. The zero-order chi connectivity index (χ0) is 14.3. The molecule has 1 aliphatic carbocycles. The minimum Gasteiger partial charge on any atom is -0.349 e. The Morgan fingerprint density at radius 3 is 2.74 bits per heavy atom. The topological polar surface area (TPSA) is 75.3 Å². The standard InChI is InChI=1S/C13H22N2O3S/c1-11(2)15-19(17,18)10-6-9-14-13(16)12-7-4-3-5-8-12/h6-7,10-11,15H,3-5,8-9H2,1-2H3,(H,14,16)/b10-6+. The van der Waals surface area contributed by atoms with Crippen LogP contribution in [-0.2, 0) is 14.8 Å². The molecule has 6 heteroatoms. The van der Waals surface area contributed by atoms with E-state index >= 15 is 0 Å². The van der Waals surface area contributed by atoms with E-state index in [4.69, 9.17) is 0 Å². The van der Waals surface area contributed by atoms with Gasteiger partial charge in [0.1, 0.15) is 0 Å². The Hall–Kier alpha value is -1.14. The van der Waals surface area contributed by atoms with Crippen molar-refractivity contribution in [1.82, 2.24) is 10.0 Å². The normalized spacial score (nSPS) is 16.7. The number of allylic oxidation sites excluding steroid dienone is 1. The molecule has 1 aliphatic rings. The van der Waals surface area contributed by atoms with Gasteiger partial charge in [-0.25, -0.2) is 13.1 Å². The lowest BCUT2D eigenvalue weighted by molar-refractivity contribution is -0.117. The summed E-state index contributed by atoms with van der Waals surface area (Å²) in [4.78, 5) is 11.7. The second-order valence-corrected chi connectivity index (χ2v) is 6.47. The monoisotopic (exact) mass is 286 g/mol. The van der Waals surface area contributed by atoms with Gasteiger partial charge in [0.15, 0.2) is 0 Å². The Balaban J connectivity index is 2.37. The molecule has 0 fully saturated rings. The molecular weight excluding hydrogens is 264 g/mol. The van der Waals surface area contributed by atoms with E-state index in [0.29, 0.717) is 0 Å². The van der Waals surface area contributed by atoms with Crippen LogP contribution in [0.15, 0.2) is 23.1 Å². The second kappa shape index (κ2) is 7.45. The fraction of sp³-hybridized carbons (Fsp3) is 0.615. The lowest BCUT2D eigenvalue weighted by atomic mass is 9.99. The third-order valence-electron chi connectivity index (χ3n) is 2.64. The van der Waals surface area contributed by atoms with Crippen LogP contribution in [0.4, 0.5) is 0 Å². The quantitative estimate of drug-likeness (QED) is 0.776. The molecule has 5 nitrogen and oxygen atoms in total. The van der Waals surface area contributed by atoms with Crippen LogP contribution in [0, 0.1) is 0 Å². The van der Waals surface area contributed by atoms with Crippen molar-refractivity contribution in [1.29, 1.82) is 0 Å². The minimum atomic E-state index is -3.40. The maximum Gasteiger partial charge on any atom is 0.247 e. The zero-order valence-electron chi connectivity index (χ0n) is 11.5. The van der Waals surface area contributed by atoms with Crippen molar-refractivity contribution in [2.45, 2.75) is 45.6 Å². The number of amides is 1. The van der Waals surface area contributed by atoms with Crippen LogP contribution in [0.25, 0.3) is 0 Å². The van der Waals surface area contributed by atoms with Crippen molar-refractivity contribution in [3.63, 3.8) is 0 Å². The van der Waals surface area contributed by atoms with Crippen LogP contribution in [0.2, 0.25) is 0 Å². The van der Waals surface area contributed by atoms with Gasteiger partial charge < -0.3 is 5.32 Å². The van der Waals surface area contributed by atoms with E-state index in [1.165, 1.54) is 6.08 Å². The summed E-state index contributed by atoms with van der Waals surface area (Å²) in [6.07, 6.45) is 7.33. The molecule has 0 spiro atoms. The maximum absolute atomic E-state index is 11.7. The summed E-state index contributed by atoms with van der Waals surface area (Å²) in [5, 5.41) is 3.78. The highest BCUT2D eigenvalue weighted by Crippen LogP contribution is 2.16. The maximum atomic E-state index is 11.7. The van der Waals surface area contributed by atoms with E-state index in [-0.39, 0.29) is 18.5 Å². The number of nitrogens with one attached hydrogen (secondary N) is 2. The average Bonchev–Trinajstić information content (AvgIpc) is 2.34. The second-order valence-electron chi connectivity index (χ2n) is 4.87. The van der Waals surface area contributed by atoms with Gasteiger partial charge in [0.05, 0.1) is 0 Å². The Bertz CT molecular complexity index is 464.